The lowest BCUT2D eigenvalue weighted by atomic mass is 10.0. The number of hydrogen-bond donors (Lipinski definition) is 1. The van der Waals surface area contributed by atoms with Crippen molar-refractivity contribution in [2.24, 2.45) is 0 Å². The van der Waals surface area contributed by atoms with Crippen LogP contribution in [0.2, 0.25) is 0 Å². The fourth-order valence-electron chi connectivity index (χ4n) is 6.01. The van der Waals surface area contributed by atoms with Crippen LogP contribution < -0.4 is 0 Å². The quantitative estimate of drug-likeness (QED) is 0.0421. The molecule has 1 aromatic carbocycles. The van der Waals surface area contributed by atoms with E-state index in [0.717, 1.165) is 32.4 Å². The predicted octanol–water partition coefficient (Wildman–Crippen LogP) is 11.4. The van der Waals surface area contributed by atoms with E-state index < -0.39 is 34.2 Å². The Bertz CT molecular complexity index is 1000. The summed E-state index contributed by atoms with van der Waals surface area (Å²) in [4.78, 5) is 22.0. The zero-order chi connectivity index (χ0) is 35.4. The van der Waals surface area contributed by atoms with Crippen LogP contribution in [-0.2, 0) is 19.6 Å². The first-order valence-corrected chi connectivity index (χ1v) is 22.6. The van der Waals surface area contributed by atoms with Crippen LogP contribution in [0.15, 0.2) is 23.1 Å². The van der Waals surface area contributed by atoms with Gasteiger partial charge in [-0.2, -0.15) is 8.42 Å². The Morgan fingerprint density at radius 2 is 0.830 bits per heavy atom. The molecule has 0 aromatic heterocycles. The Morgan fingerprint density at radius 1 is 0.532 bits per heavy atom. The van der Waals surface area contributed by atoms with Crippen molar-refractivity contribution in [3.8, 4) is 0 Å². The molecule has 1 aromatic rings. The Kier molecular flexibility index (Phi) is 27.4. The van der Waals surface area contributed by atoms with Crippen molar-refractivity contribution in [2.75, 3.05) is 38.9 Å². The molecule has 0 radical (unpaired) electrons. The topological polar surface area (TPSA) is 107 Å². The van der Waals surface area contributed by atoms with Crippen LogP contribution in [-0.4, -0.2) is 63.8 Å². The van der Waals surface area contributed by atoms with Gasteiger partial charge >= 0.3 is 11.9 Å². The third-order valence-electron chi connectivity index (χ3n) is 8.99. The molecule has 0 amide bonds. The van der Waals surface area contributed by atoms with Gasteiger partial charge in [0.25, 0.3) is 10.1 Å². The van der Waals surface area contributed by atoms with Crippen LogP contribution in [0, 0.1) is 0 Å². The summed E-state index contributed by atoms with van der Waals surface area (Å²) in [5, 5.41) is 0. The molecule has 274 valence electrons. The summed E-state index contributed by atoms with van der Waals surface area (Å²) < 4.78 is 39.7. The summed E-state index contributed by atoms with van der Waals surface area (Å²) in [6.07, 6.45) is 36.0. The van der Waals surface area contributed by atoms with Gasteiger partial charge in [-0.05, 0) is 50.3 Å². The molecule has 0 aliphatic rings. The van der Waals surface area contributed by atoms with Crippen LogP contribution >= 0.6 is 7.26 Å². The monoisotopic (exact) mass is 701 g/mol. The van der Waals surface area contributed by atoms with E-state index in [4.69, 9.17) is 4.55 Å². The van der Waals surface area contributed by atoms with Crippen molar-refractivity contribution in [2.45, 2.75) is 161 Å². The lowest BCUT2D eigenvalue weighted by molar-refractivity contribution is 0.0598. The van der Waals surface area contributed by atoms with E-state index in [1.807, 2.05) is 0 Å². The molecule has 0 spiro atoms. The minimum absolute atomic E-state index is 0.187. The van der Waals surface area contributed by atoms with Crippen molar-refractivity contribution in [3.05, 3.63) is 29.3 Å². The lowest BCUT2D eigenvalue weighted by Gasteiger charge is -2.28. The fourth-order valence-corrected chi connectivity index (χ4v) is 11.8. The normalized spacial score (nSPS) is 11.6. The highest BCUT2D eigenvalue weighted by Gasteiger charge is 2.34. The third kappa shape index (κ3) is 22.0. The number of hydrogen-bond acceptors (Lipinski definition) is 6. The van der Waals surface area contributed by atoms with Crippen molar-refractivity contribution < 1.29 is 32.0 Å². The van der Waals surface area contributed by atoms with Crippen molar-refractivity contribution in [1.82, 2.24) is 0 Å². The first kappa shape index (κ1) is 45.5. The molecular weight excluding hydrogens is 631 g/mol. The van der Waals surface area contributed by atoms with E-state index in [9.17, 15) is 18.0 Å². The summed E-state index contributed by atoms with van der Waals surface area (Å²) in [5.74, 6) is -1.68. The van der Waals surface area contributed by atoms with E-state index in [1.54, 1.807) is 31.1 Å². The average molecular weight is 702 g/mol. The first-order chi connectivity index (χ1) is 22.5. The standard InChI is InChI=1S/C28H60P.C10H10O7S/c1-5-9-13-14-15-16-17-18-19-20-21-22-23-24-28-29(25-10-6-2,26-11-7-3)27-12-8-4;1-16-9(11)6-3-7(10(12)17-2)5-8(4-6)18(13,14)15/h5-28H2,1-4H3;3-5H,1-2H3,(H,13,14,15)/q+1;. The maximum atomic E-state index is 11.3. The van der Waals surface area contributed by atoms with Gasteiger partial charge in [-0.3, -0.25) is 4.55 Å². The van der Waals surface area contributed by atoms with E-state index in [0.29, 0.717) is 0 Å². The molecule has 0 aliphatic heterocycles. The van der Waals surface area contributed by atoms with Gasteiger partial charge in [0.15, 0.2) is 0 Å². The van der Waals surface area contributed by atoms with E-state index in [2.05, 4.69) is 37.2 Å². The smallest absolute Gasteiger partial charge is 0.337 e. The van der Waals surface area contributed by atoms with Crippen molar-refractivity contribution >= 4 is 29.3 Å². The number of methoxy groups -OCH3 is 2. The molecule has 0 saturated heterocycles. The second kappa shape index (κ2) is 28.3. The third-order valence-corrected chi connectivity index (χ3v) is 14.9. The molecular formula is C38H70O7PS+. The van der Waals surface area contributed by atoms with Gasteiger partial charge in [0.2, 0.25) is 0 Å². The highest BCUT2D eigenvalue weighted by molar-refractivity contribution is 7.85. The summed E-state index contributed by atoms with van der Waals surface area (Å²) >= 11 is 0. The fraction of sp³-hybridized carbons (Fsp3) is 0.789. The Hall–Kier alpha value is -1.50. The van der Waals surface area contributed by atoms with Gasteiger partial charge in [0.1, 0.15) is 0 Å². The Balaban J connectivity index is 0.00000100. The van der Waals surface area contributed by atoms with Gasteiger partial charge in [0.05, 0.1) is 54.9 Å². The maximum absolute atomic E-state index is 11.3. The molecule has 0 heterocycles. The molecule has 0 aliphatic carbocycles. The van der Waals surface area contributed by atoms with Gasteiger partial charge < -0.3 is 9.47 Å². The number of carbonyl (C=O) groups is 2. The molecule has 0 atom stereocenters. The molecule has 0 bridgehead atoms. The number of rotatable bonds is 27. The van der Waals surface area contributed by atoms with Gasteiger partial charge in [-0.1, -0.05) is 124 Å². The molecule has 9 heteroatoms. The van der Waals surface area contributed by atoms with Gasteiger partial charge in [-0.25, -0.2) is 9.59 Å². The zero-order valence-corrected chi connectivity index (χ0v) is 32.7. The highest BCUT2D eigenvalue weighted by Crippen LogP contribution is 2.61. The SMILES string of the molecule is CCCCCCCCCCCCCCCC[P+](CCCC)(CCCC)CCCC.COC(=O)c1cc(C(=O)OC)cc(S(=O)(=O)O)c1. The summed E-state index contributed by atoms with van der Waals surface area (Å²) in [6, 6.07) is 2.90. The Labute approximate surface area is 289 Å². The van der Waals surface area contributed by atoms with Gasteiger partial charge in [0, 0.05) is 7.26 Å². The second-order valence-electron chi connectivity index (χ2n) is 13.1. The van der Waals surface area contributed by atoms with Crippen molar-refractivity contribution in [1.29, 1.82) is 0 Å². The minimum Gasteiger partial charge on any atom is -0.465 e. The van der Waals surface area contributed by atoms with Gasteiger partial charge in [-0.15, -0.1) is 0 Å². The van der Waals surface area contributed by atoms with E-state index in [1.165, 1.54) is 122 Å². The highest BCUT2D eigenvalue weighted by atomic mass is 32.2. The molecule has 0 fully saturated rings. The number of carbonyl (C=O) groups excluding carboxylic acids is 2. The van der Waals surface area contributed by atoms with Crippen LogP contribution in [0.5, 0.6) is 0 Å². The summed E-state index contributed by atoms with van der Waals surface area (Å²) in [5.41, 5.74) is -0.374. The maximum Gasteiger partial charge on any atom is 0.337 e. The number of unbranched alkanes of at least 4 members (excludes halogenated alkanes) is 16. The number of ether oxygens (including phenoxy) is 2. The Morgan fingerprint density at radius 3 is 1.13 bits per heavy atom. The first-order valence-electron chi connectivity index (χ1n) is 18.7. The number of esters is 2. The minimum atomic E-state index is -4.55. The molecule has 7 nitrogen and oxygen atoms in total. The summed E-state index contributed by atoms with van der Waals surface area (Å²) in [6.45, 7) is 9.48. The van der Waals surface area contributed by atoms with E-state index in [-0.39, 0.29) is 11.1 Å². The lowest BCUT2D eigenvalue weighted by Crippen LogP contribution is -2.13. The van der Waals surface area contributed by atoms with Crippen LogP contribution in [0.4, 0.5) is 0 Å². The molecule has 0 saturated carbocycles. The number of benzene rings is 1. The largest absolute Gasteiger partial charge is 0.465 e. The van der Waals surface area contributed by atoms with Crippen LogP contribution in [0.3, 0.4) is 0 Å². The summed E-state index contributed by atoms with van der Waals surface area (Å²) in [7, 11) is -2.98. The van der Waals surface area contributed by atoms with Crippen LogP contribution in [0.1, 0.15) is 177 Å². The average Bonchev–Trinajstić information content (AvgIpc) is 3.07. The van der Waals surface area contributed by atoms with Crippen molar-refractivity contribution in [3.63, 3.8) is 0 Å². The van der Waals surface area contributed by atoms with E-state index >= 15 is 0 Å². The van der Waals surface area contributed by atoms with Crippen LogP contribution in [0.25, 0.3) is 0 Å². The predicted molar refractivity (Wildman–Crippen MR) is 200 cm³/mol. The molecule has 1 rings (SSSR count). The zero-order valence-electron chi connectivity index (χ0n) is 31.0. The molecule has 1 N–H and O–H groups in total. The second-order valence-corrected chi connectivity index (χ2v) is 19.0. The molecule has 47 heavy (non-hydrogen) atoms. The molecule has 0 unspecified atom stereocenters.